The first-order chi connectivity index (χ1) is 14.7. The maximum Gasteiger partial charge on any atom is 0.408 e. The van der Waals surface area contributed by atoms with E-state index in [9.17, 15) is 14.4 Å². The Morgan fingerprint density at radius 2 is 1.58 bits per heavy atom. The van der Waals surface area contributed by atoms with Crippen molar-refractivity contribution in [2.75, 3.05) is 0 Å². The molecule has 0 radical (unpaired) electrons. The summed E-state index contributed by atoms with van der Waals surface area (Å²) in [5, 5.41) is 5.80. The van der Waals surface area contributed by atoms with Crippen molar-refractivity contribution in [1.82, 2.24) is 10.6 Å². The molecule has 0 saturated carbocycles. The SMILES string of the molecule is CC(C)C[C@H](NC(=O)[C@@H](Cc1ccc(Cl)cc1)NC(=O)OCc1ccccc1)C(N)=O. The smallest absolute Gasteiger partial charge is 0.408 e. The van der Waals surface area contributed by atoms with Crippen molar-refractivity contribution >= 4 is 29.5 Å². The fourth-order valence-electron chi connectivity index (χ4n) is 2.96. The molecule has 0 aliphatic carbocycles. The Kier molecular flexibility index (Phi) is 9.34. The lowest BCUT2D eigenvalue weighted by molar-refractivity contribution is -0.128. The van der Waals surface area contributed by atoms with E-state index in [-0.39, 0.29) is 18.9 Å². The van der Waals surface area contributed by atoms with Gasteiger partial charge in [-0.25, -0.2) is 4.79 Å². The number of carbonyl (C=O) groups is 3. The Hall–Kier alpha value is -3.06. The molecule has 0 fully saturated rings. The molecule has 0 aliphatic heterocycles. The van der Waals surface area contributed by atoms with Crippen molar-refractivity contribution in [3.8, 4) is 0 Å². The topological polar surface area (TPSA) is 111 Å². The minimum Gasteiger partial charge on any atom is -0.445 e. The summed E-state index contributed by atoms with van der Waals surface area (Å²) in [7, 11) is 0. The summed E-state index contributed by atoms with van der Waals surface area (Å²) in [4.78, 5) is 37.0. The van der Waals surface area contributed by atoms with Crippen LogP contribution in [-0.4, -0.2) is 30.0 Å². The minimum atomic E-state index is -0.960. The van der Waals surface area contributed by atoms with E-state index < -0.39 is 30.0 Å². The number of hydrogen-bond acceptors (Lipinski definition) is 4. The number of amides is 3. The van der Waals surface area contributed by atoms with Crippen molar-refractivity contribution in [2.24, 2.45) is 11.7 Å². The molecule has 0 aliphatic rings. The Morgan fingerprint density at radius 1 is 0.935 bits per heavy atom. The maximum atomic E-state index is 12.9. The number of benzene rings is 2. The Bertz CT molecular complexity index is 872. The summed E-state index contributed by atoms with van der Waals surface area (Å²) in [6.07, 6.45) is -0.151. The van der Waals surface area contributed by atoms with Gasteiger partial charge in [0.15, 0.2) is 0 Å². The molecule has 2 atom stereocenters. The summed E-state index contributed by atoms with van der Waals surface area (Å²) >= 11 is 5.93. The predicted molar refractivity (Wildman–Crippen MR) is 119 cm³/mol. The normalized spacial score (nSPS) is 12.6. The van der Waals surface area contributed by atoms with Crippen molar-refractivity contribution in [1.29, 1.82) is 0 Å². The molecule has 2 rings (SSSR count). The highest BCUT2D eigenvalue weighted by Gasteiger charge is 2.27. The van der Waals surface area contributed by atoms with Crippen LogP contribution in [-0.2, 0) is 27.4 Å². The van der Waals surface area contributed by atoms with Gasteiger partial charge in [-0.05, 0) is 35.6 Å². The van der Waals surface area contributed by atoms with Crippen molar-refractivity contribution in [3.63, 3.8) is 0 Å². The Balaban J connectivity index is 2.08. The molecule has 0 unspecified atom stereocenters. The van der Waals surface area contributed by atoms with E-state index in [1.54, 1.807) is 24.3 Å². The maximum absolute atomic E-state index is 12.9. The first-order valence-corrected chi connectivity index (χ1v) is 10.4. The highest BCUT2D eigenvalue weighted by atomic mass is 35.5. The van der Waals surface area contributed by atoms with Gasteiger partial charge in [0.1, 0.15) is 18.7 Å². The van der Waals surface area contributed by atoms with Gasteiger partial charge in [-0.2, -0.15) is 0 Å². The molecular formula is C23H28ClN3O4. The fourth-order valence-corrected chi connectivity index (χ4v) is 3.09. The number of ether oxygens (including phenoxy) is 1. The molecule has 166 valence electrons. The lowest BCUT2D eigenvalue weighted by atomic mass is 10.0. The molecule has 3 amide bonds. The molecule has 2 aromatic rings. The number of halogens is 1. The van der Waals surface area contributed by atoms with Crippen LogP contribution in [0.4, 0.5) is 4.79 Å². The van der Waals surface area contributed by atoms with Gasteiger partial charge in [0.25, 0.3) is 0 Å². The fraction of sp³-hybridized carbons (Fsp3) is 0.348. The largest absolute Gasteiger partial charge is 0.445 e. The van der Waals surface area contributed by atoms with Crippen LogP contribution in [0.3, 0.4) is 0 Å². The van der Waals surface area contributed by atoms with Gasteiger partial charge < -0.3 is 21.1 Å². The Morgan fingerprint density at radius 3 is 2.16 bits per heavy atom. The van der Waals surface area contributed by atoms with Gasteiger partial charge in [-0.15, -0.1) is 0 Å². The third-order valence-corrected chi connectivity index (χ3v) is 4.79. The summed E-state index contributed by atoms with van der Waals surface area (Å²) in [5.41, 5.74) is 7.04. The summed E-state index contributed by atoms with van der Waals surface area (Å²) in [5.74, 6) is -0.994. The zero-order chi connectivity index (χ0) is 22.8. The van der Waals surface area contributed by atoms with Crippen LogP contribution in [0.1, 0.15) is 31.4 Å². The van der Waals surface area contributed by atoms with Crippen molar-refractivity contribution in [3.05, 3.63) is 70.7 Å². The van der Waals surface area contributed by atoms with Gasteiger partial charge in [0.2, 0.25) is 11.8 Å². The molecule has 0 heterocycles. The highest BCUT2D eigenvalue weighted by Crippen LogP contribution is 2.12. The molecule has 0 saturated heterocycles. The standard InChI is InChI=1S/C23H28ClN3O4/c1-15(2)12-19(21(25)28)26-22(29)20(13-16-8-10-18(24)11-9-16)27-23(30)31-14-17-6-4-3-5-7-17/h3-11,15,19-20H,12-14H2,1-2H3,(H2,25,28)(H,26,29)(H,27,30)/t19-,20+/m0/s1. The molecule has 4 N–H and O–H groups in total. The Labute approximate surface area is 187 Å². The molecule has 7 nitrogen and oxygen atoms in total. The second-order valence-corrected chi connectivity index (χ2v) is 8.12. The molecule has 2 aromatic carbocycles. The van der Waals surface area contributed by atoms with Gasteiger partial charge in [-0.3, -0.25) is 9.59 Å². The van der Waals surface area contributed by atoms with Crippen LogP contribution in [0, 0.1) is 5.92 Å². The van der Waals surface area contributed by atoms with Crippen LogP contribution >= 0.6 is 11.6 Å². The van der Waals surface area contributed by atoms with Crippen LogP contribution < -0.4 is 16.4 Å². The van der Waals surface area contributed by atoms with E-state index in [0.717, 1.165) is 11.1 Å². The number of hydrogen-bond donors (Lipinski definition) is 3. The zero-order valence-corrected chi connectivity index (χ0v) is 18.4. The summed E-state index contributed by atoms with van der Waals surface area (Å²) in [6.45, 7) is 3.91. The van der Waals surface area contributed by atoms with Crippen molar-refractivity contribution in [2.45, 2.75) is 45.4 Å². The van der Waals surface area contributed by atoms with Crippen LogP contribution in [0.2, 0.25) is 5.02 Å². The number of alkyl carbamates (subject to hydrolysis) is 1. The first-order valence-electron chi connectivity index (χ1n) is 10.1. The average molecular weight is 446 g/mol. The van der Waals surface area contributed by atoms with E-state index >= 15 is 0 Å². The lowest BCUT2D eigenvalue weighted by Gasteiger charge is -2.23. The summed E-state index contributed by atoms with van der Waals surface area (Å²) in [6, 6.07) is 14.3. The molecule has 0 spiro atoms. The highest BCUT2D eigenvalue weighted by molar-refractivity contribution is 6.30. The van der Waals surface area contributed by atoms with E-state index in [4.69, 9.17) is 22.1 Å². The average Bonchev–Trinajstić information content (AvgIpc) is 2.73. The van der Waals surface area contributed by atoms with Crippen molar-refractivity contribution < 1.29 is 19.1 Å². The van der Waals surface area contributed by atoms with E-state index in [0.29, 0.717) is 11.4 Å². The molecule has 0 bridgehead atoms. The molecule has 31 heavy (non-hydrogen) atoms. The number of rotatable bonds is 10. The predicted octanol–water partition coefficient (Wildman–Crippen LogP) is 3.19. The van der Waals surface area contributed by atoms with Gasteiger partial charge in [0.05, 0.1) is 0 Å². The third kappa shape index (κ3) is 8.68. The first kappa shape index (κ1) is 24.2. The number of nitrogens with two attached hydrogens (primary N) is 1. The number of nitrogens with one attached hydrogen (secondary N) is 2. The summed E-state index contributed by atoms with van der Waals surface area (Å²) < 4.78 is 5.24. The molecule has 8 heteroatoms. The van der Waals surface area contributed by atoms with E-state index in [1.165, 1.54) is 0 Å². The van der Waals surface area contributed by atoms with Gasteiger partial charge in [0, 0.05) is 11.4 Å². The van der Waals surface area contributed by atoms with E-state index in [1.807, 2.05) is 44.2 Å². The minimum absolute atomic E-state index is 0.0687. The second-order valence-electron chi connectivity index (χ2n) is 7.68. The quantitative estimate of drug-likeness (QED) is 0.521. The van der Waals surface area contributed by atoms with Gasteiger partial charge >= 0.3 is 6.09 Å². The third-order valence-electron chi connectivity index (χ3n) is 4.54. The second kappa shape index (κ2) is 12.0. The number of primary amides is 1. The monoisotopic (exact) mass is 445 g/mol. The van der Waals surface area contributed by atoms with Crippen LogP contribution in [0.15, 0.2) is 54.6 Å². The lowest BCUT2D eigenvalue weighted by Crippen LogP contribution is -2.54. The number of carbonyl (C=O) groups excluding carboxylic acids is 3. The van der Waals surface area contributed by atoms with Crippen LogP contribution in [0.5, 0.6) is 0 Å². The van der Waals surface area contributed by atoms with Gasteiger partial charge in [-0.1, -0.05) is 67.9 Å². The van der Waals surface area contributed by atoms with E-state index in [2.05, 4.69) is 10.6 Å². The molecular weight excluding hydrogens is 418 g/mol. The zero-order valence-electron chi connectivity index (χ0n) is 17.6. The van der Waals surface area contributed by atoms with Crippen LogP contribution in [0.25, 0.3) is 0 Å². The molecule has 0 aromatic heterocycles.